The Balaban J connectivity index is 1.24. The molecule has 7 rings (SSSR count). The molecule has 0 aromatic carbocycles. The van der Waals surface area contributed by atoms with Crippen molar-refractivity contribution in [1.82, 2.24) is 40.5 Å². The number of hydrogen-bond acceptors (Lipinski definition) is 8. The van der Waals surface area contributed by atoms with Gasteiger partial charge in [0.25, 0.3) is 0 Å². The first-order valence-corrected chi connectivity index (χ1v) is 14.1. The van der Waals surface area contributed by atoms with Crippen molar-refractivity contribution in [3.63, 3.8) is 0 Å². The minimum Gasteiger partial charge on any atom is -0.337 e. The molecule has 5 aromatic heterocycles. The average Bonchev–Trinajstić information content (AvgIpc) is 3.63. The van der Waals surface area contributed by atoms with E-state index in [1.54, 1.807) is 31.0 Å². The first kappa shape index (κ1) is 25.6. The second-order valence-corrected chi connectivity index (χ2v) is 10.6. The Bertz CT molecular complexity index is 1720. The highest BCUT2D eigenvalue weighted by Gasteiger charge is 2.26. The molecule has 0 atom stereocenters. The number of nitrogens with zero attached hydrogens (tertiary/aromatic N) is 6. The fourth-order valence-corrected chi connectivity index (χ4v) is 5.81. The Labute approximate surface area is 236 Å². The number of imidazole rings is 1. The Kier molecular flexibility index (Phi) is 7.00. The smallest absolute Gasteiger partial charge is 0.157 e. The summed E-state index contributed by atoms with van der Waals surface area (Å²) < 4.78 is 16.5. The number of aromatic amines is 1. The number of halogens is 1. The first-order valence-electron chi connectivity index (χ1n) is 14.1. The molecular formula is C31H30FN9. The fraction of sp³-hybridized carbons (Fsp3) is 0.290. The third-order valence-electron chi connectivity index (χ3n) is 7.88. The van der Waals surface area contributed by atoms with Gasteiger partial charge >= 0.3 is 0 Å². The average molecular weight is 548 g/mol. The summed E-state index contributed by atoms with van der Waals surface area (Å²) >= 11 is 0. The quantitative estimate of drug-likeness (QED) is 0.268. The van der Waals surface area contributed by atoms with Crippen LogP contribution in [0, 0.1) is 11.7 Å². The van der Waals surface area contributed by atoms with Crippen LogP contribution in [0.2, 0.25) is 0 Å². The van der Waals surface area contributed by atoms with Crippen LogP contribution in [0.4, 0.5) is 4.39 Å². The van der Waals surface area contributed by atoms with Gasteiger partial charge in [-0.1, -0.05) is 12.8 Å². The number of aromatic nitrogens is 6. The van der Waals surface area contributed by atoms with Crippen molar-refractivity contribution in [2.75, 3.05) is 13.2 Å². The third kappa shape index (κ3) is 5.12. The van der Waals surface area contributed by atoms with Gasteiger partial charge in [0, 0.05) is 67.0 Å². The number of pyridine rings is 4. The van der Waals surface area contributed by atoms with Crippen LogP contribution >= 0.6 is 0 Å². The molecule has 0 amide bonds. The predicted octanol–water partition coefficient (Wildman–Crippen LogP) is 4.79. The van der Waals surface area contributed by atoms with Crippen molar-refractivity contribution >= 4 is 16.7 Å². The zero-order chi connectivity index (χ0) is 27.6. The molecule has 1 saturated carbocycles. The van der Waals surface area contributed by atoms with Gasteiger partial charge in [-0.25, -0.2) is 9.37 Å². The highest BCUT2D eigenvalue weighted by molar-refractivity contribution is 6.13. The van der Waals surface area contributed by atoms with Crippen molar-refractivity contribution in [2.45, 2.75) is 38.8 Å². The van der Waals surface area contributed by atoms with E-state index in [0.29, 0.717) is 64.9 Å². The van der Waals surface area contributed by atoms with E-state index in [2.05, 4.69) is 35.6 Å². The van der Waals surface area contributed by atoms with Crippen LogP contribution in [0.1, 0.15) is 48.3 Å². The van der Waals surface area contributed by atoms with Gasteiger partial charge in [0.2, 0.25) is 0 Å². The Morgan fingerprint density at radius 3 is 2.76 bits per heavy atom. The van der Waals surface area contributed by atoms with Gasteiger partial charge in [0.1, 0.15) is 17.0 Å². The lowest BCUT2D eigenvalue weighted by molar-refractivity contribution is 0.489. The number of aliphatic imine (C=N–C) groups is 1. The molecule has 0 unspecified atom stereocenters. The molecule has 2 aliphatic rings. The summed E-state index contributed by atoms with van der Waals surface area (Å²) in [7, 11) is 0. The number of rotatable bonds is 7. The maximum absolute atomic E-state index is 16.5. The molecule has 0 saturated heterocycles. The van der Waals surface area contributed by atoms with E-state index >= 15 is 4.39 Å². The molecule has 0 bridgehead atoms. The van der Waals surface area contributed by atoms with Gasteiger partial charge in [-0.15, -0.1) is 0 Å². The molecule has 9 nitrogen and oxygen atoms in total. The second-order valence-electron chi connectivity index (χ2n) is 10.6. The van der Waals surface area contributed by atoms with Crippen LogP contribution in [0.15, 0.2) is 66.4 Å². The lowest BCUT2D eigenvalue weighted by Crippen LogP contribution is -2.20. The Hall–Kier alpha value is -4.41. The lowest BCUT2D eigenvalue weighted by Gasteiger charge is -2.13. The molecule has 6 heterocycles. The van der Waals surface area contributed by atoms with Crippen LogP contribution in [-0.2, 0) is 13.1 Å². The van der Waals surface area contributed by atoms with Crippen molar-refractivity contribution in [3.8, 4) is 22.4 Å². The van der Waals surface area contributed by atoms with Crippen molar-refractivity contribution < 1.29 is 4.39 Å². The number of fused-ring (bicyclic) bond motifs is 2. The SMILES string of the molecule is Fc1c(-c2cncc(CNCC3CCCC3)c2)cnc2c1C(c1nc3c(-c4cccnc4)nccc3[nH]1)=NCNC2. The van der Waals surface area contributed by atoms with E-state index in [-0.39, 0.29) is 5.82 Å². The van der Waals surface area contributed by atoms with Gasteiger partial charge in [-0.3, -0.25) is 30.2 Å². The molecule has 1 fully saturated rings. The largest absolute Gasteiger partial charge is 0.337 e. The van der Waals surface area contributed by atoms with E-state index in [1.807, 2.05) is 30.5 Å². The number of nitrogens with one attached hydrogen (secondary N) is 3. The summed E-state index contributed by atoms with van der Waals surface area (Å²) in [5.74, 6) is 0.823. The van der Waals surface area contributed by atoms with Crippen LogP contribution < -0.4 is 10.6 Å². The number of H-pyrrole nitrogens is 1. The lowest BCUT2D eigenvalue weighted by atomic mass is 9.99. The topological polar surface area (TPSA) is 117 Å². The maximum atomic E-state index is 16.5. The molecule has 0 spiro atoms. The summed E-state index contributed by atoms with van der Waals surface area (Å²) in [6.07, 6.45) is 15.5. The van der Waals surface area contributed by atoms with Gasteiger partial charge < -0.3 is 10.3 Å². The van der Waals surface area contributed by atoms with E-state index in [9.17, 15) is 0 Å². The second kappa shape index (κ2) is 11.2. The highest BCUT2D eigenvalue weighted by atomic mass is 19.1. The predicted molar refractivity (Wildman–Crippen MR) is 156 cm³/mol. The zero-order valence-electron chi connectivity index (χ0n) is 22.6. The van der Waals surface area contributed by atoms with Crippen molar-refractivity contribution in [3.05, 3.63) is 89.9 Å². The van der Waals surface area contributed by atoms with E-state index in [0.717, 1.165) is 29.1 Å². The standard InChI is InChI=1S/C31H30FN9/c32-27-23(22-10-20(13-35-15-22)12-34-11-19-4-1-2-5-19)16-38-25-17-36-18-39-30(26(25)27)31-40-24-7-9-37-28(29(24)41-31)21-6-3-8-33-14-21/h3,6-10,13-16,19,34,36H,1-2,4-5,11-12,17-18H2,(H,40,41). The van der Waals surface area contributed by atoms with Crippen molar-refractivity contribution in [2.24, 2.45) is 10.9 Å². The molecule has 0 radical (unpaired) electrons. The van der Waals surface area contributed by atoms with Crippen LogP contribution in [0.5, 0.6) is 0 Å². The third-order valence-corrected chi connectivity index (χ3v) is 7.88. The van der Waals surface area contributed by atoms with Gasteiger partial charge in [0.15, 0.2) is 5.82 Å². The maximum Gasteiger partial charge on any atom is 0.157 e. The zero-order valence-corrected chi connectivity index (χ0v) is 22.6. The molecule has 10 heteroatoms. The van der Waals surface area contributed by atoms with E-state index in [1.165, 1.54) is 25.7 Å². The molecule has 3 N–H and O–H groups in total. The Morgan fingerprint density at radius 2 is 1.88 bits per heavy atom. The van der Waals surface area contributed by atoms with Crippen LogP contribution in [0.25, 0.3) is 33.4 Å². The molecular weight excluding hydrogens is 517 g/mol. The fourth-order valence-electron chi connectivity index (χ4n) is 5.81. The normalized spacial score (nSPS) is 15.6. The van der Waals surface area contributed by atoms with E-state index < -0.39 is 0 Å². The van der Waals surface area contributed by atoms with E-state index in [4.69, 9.17) is 9.98 Å². The molecule has 1 aliphatic heterocycles. The van der Waals surface area contributed by atoms with Crippen molar-refractivity contribution in [1.29, 1.82) is 0 Å². The van der Waals surface area contributed by atoms with Crippen LogP contribution in [0.3, 0.4) is 0 Å². The Morgan fingerprint density at radius 1 is 0.976 bits per heavy atom. The minimum atomic E-state index is -0.388. The number of hydrogen-bond donors (Lipinski definition) is 3. The first-order chi connectivity index (χ1) is 20.2. The van der Waals surface area contributed by atoms with Gasteiger partial charge in [-0.2, -0.15) is 0 Å². The summed E-state index contributed by atoms with van der Waals surface area (Å²) in [5, 5.41) is 6.77. The summed E-state index contributed by atoms with van der Waals surface area (Å²) in [5.41, 5.74) is 6.42. The van der Waals surface area contributed by atoms with Gasteiger partial charge in [-0.05, 0) is 55.1 Å². The molecule has 1 aliphatic carbocycles. The molecule has 5 aromatic rings. The monoisotopic (exact) mass is 547 g/mol. The van der Waals surface area contributed by atoms with Crippen LogP contribution in [-0.4, -0.2) is 48.8 Å². The minimum absolute atomic E-state index is 0.314. The summed E-state index contributed by atoms with van der Waals surface area (Å²) in [6, 6.07) is 7.64. The van der Waals surface area contributed by atoms with Gasteiger partial charge in [0.05, 0.1) is 29.1 Å². The summed E-state index contributed by atoms with van der Waals surface area (Å²) in [4.78, 5) is 30.8. The molecule has 41 heavy (non-hydrogen) atoms. The molecule has 206 valence electrons. The highest BCUT2D eigenvalue weighted by Crippen LogP contribution is 2.30. The summed E-state index contributed by atoms with van der Waals surface area (Å²) in [6.45, 7) is 2.40.